The second-order valence-electron chi connectivity index (χ2n) is 4.63. The van der Waals surface area contributed by atoms with Crippen molar-refractivity contribution in [3.63, 3.8) is 0 Å². The van der Waals surface area contributed by atoms with E-state index in [2.05, 4.69) is 0 Å². The smallest absolute Gasteiger partial charge is 0.185 e. The van der Waals surface area contributed by atoms with E-state index in [4.69, 9.17) is 11.6 Å². The Bertz CT molecular complexity index is 459. The molecule has 0 aromatic rings. The molecule has 0 unspecified atom stereocenters. The van der Waals surface area contributed by atoms with E-state index >= 15 is 0 Å². The Kier molecular flexibility index (Phi) is 2.32. The summed E-state index contributed by atoms with van der Waals surface area (Å²) in [7, 11) is 0. The first-order valence-electron chi connectivity index (χ1n) is 5.41. The van der Waals surface area contributed by atoms with Crippen LogP contribution in [0.4, 0.5) is 0 Å². The first-order chi connectivity index (χ1) is 8.12. The molecule has 0 bridgehead atoms. The highest BCUT2D eigenvalue weighted by atomic mass is 35.5. The van der Waals surface area contributed by atoms with E-state index in [9.17, 15) is 21.0 Å². The third kappa shape index (κ3) is 0.882. The maximum absolute atomic E-state index is 9.26. The fraction of sp³-hybridized carbons (Fsp3) is 0.667. The van der Waals surface area contributed by atoms with Crippen LogP contribution in [0.5, 0.6) is 0 Å². The van der Waals surface area contributed by atoms with E-state index in [1.165, 1.54) is 0 Å². The number of rotatable bonds is 0. The van der Waals surface area contributed by atoms with Crippen LogP contribution in [0.15, 0.2) is 0 Å². The molecule has 2 aliphatic rings. The van der Waals surface area contributed by atoms with Crippen LogP contribution >= 0.6 is 11.6 Å². The van der Waals surface area contributed by atoms with Crippen molar-refractivity contribution in [3.8, 4) is 24.3 Å². The van der Waals surface area contributed by atoms with Crippen LogP contribution in [0.25, 0.3) is 0 Å². The first kappa shape index (κ1) is 11.7. The van der Waals surface area contributed by atoms with Crippen molar-refractivity contribution < 1.29 is 0 Å². The third-order valence-corrected chi connectivity index (χ3v) is 4.91. The van der Waals surface area contributed by atoms with Gasteiger partial charge in [0.1, 0.15) is 0 Å². The summed E-state index contributed by atoms with van der Waals surface area (Å²) in [5.41, 5.74) is -4.08. The molecule has 0 saturated heterocycles. The van der Waals surface area contributed by atoms with Gasteiger partial charge in [0, 0.05) is 5.38 Å². The molecule has 0 aromatic carbocycles. The monoisotopic (exact) mass is 244 g/mol. The molecule has 0 radical (unpaired) electrons. The topological polar surface area (TPSA) is 95.2 Å². The minimum Gasteiger partial charge on any atom is -0.196 e. The normalized spacial score (nSPS) is 30.3. The van der Waals surface area contributed by atoms with Gasteiger partial charge in [0.2, 0.25) is 0 Å². The second kappa shape index (κ2) is 3.37. The van der Waals surface area contributed by atoms with Crippen LogP contribution in [0.3, 0.4) is 0 Å². The molecule has 2 rings (SSSR count). The van der Waals surface area contributed by atoms with E-state index < -0.39 is 21.6 Å². The molecule has 84 valence electrons. The summed E-state index contributed by atoms with van der Waals surface area (Å²) in [5, 5.41) is 36.6. The molecule has 1 spiro atoms. The highest BCUT2D eigenvalue weighted by Crippen LogP contribution is 2.82. The molecule has 0 amide bonds. The summed E-state index contributed by atoms with van der Waals surface area (Å²) < 4.78 is 0. The number of alkyl halides is 1. The van der Waals surface area contributed by atoms with E-state index in [-0.39, 0.29) is 0 Å². The Morgan fingerprint density at radius 1 is 0.882 bits per heavy atom. The van der Waals surface area contributed by atoms with E-state index in [1.807, 2.05) is 24.3 Å². The van der Waals surface area contributed by atoms with Gasteiger partial charge < -0.3 is 0 Å². The largest absolute Gasteiger partial charge is 0.196 e. The predicted molar refractivity (Wildman–Crippen MR) is 57.9 cm³/mol. The van der Waals surface area contributed by atoms with Gasteiger partial charge in [-0.15, -0.1) is 11.6 Å². The lowest BCUT2D eigenvalue weighted by Gasteiger charge is -2.28. The number of hydrogen-bond donors (Lipinski definition) is 0. The van der Waals surface area contributed by atoms with Crippen LogP contribution in [0.2, 0.25) is 0 Å². The van der Waals surface area contributed by atoms with Crippen LogP contribution in [0.1, 0.15) is 25.7 Å². The Hall–Kier alpha value is -1.75. The summed E-state index contributed by atoms with van der Waals surface area (Å²) in [6, 6.07) is 7.58. The molecule has 0 aliphatic heterocycles. The fourth-order valence-electron chi connectivity index (χ4n) is 3.41. The van der Waals surface area contributed by atoms with E-state index in [0.717, 1.165) is 12.8 Å². The molecule has 17 heavy (non-hydrogen) atoms. The SMILES string of the molecule is N#CC1(C#N)C(C#N)(C#N)C12CCCC[C@@H]2Cl. The van der Waals surface area contributed by atoms with Gasteiger partial charge in [-0.1, -0.05) is 12.8 Å². The van der Waals surface area contributed by atoms with Crippen LogP contribution in [-0.2, 0) is 0 Å². The third-order valence-electron chi connectivity index (χ3n) is 4.32. The molecule has 0 aromatic heterocycles. The van der Waals surface area contributed by atoms with Gasteiger partial charge in [0.25, 0.3) is 0 Å². The molecular formula is C12H9ClN4. The summed E-state index contributed by atoms with van der Waals surface area (Å²) in [4.78, 5) is 0. The summed E-state index contributed by atoms with van der Waals surface area (Å²) >= 11 is 6.25. The molecule has 0 heterocycles. The number of halogens is 1. The Morgan fingerprint density at radius 3 is 1.71 bits per heavy atom. The molecule has 4 nitrogen and oxygen atoms in total. The van der Waals surface area contributed by atoms with Gasteiger partial charge in [-0.2, -0.15) is 21.0 Å². The minimum absolute atomic E-state index is 0.449. The molecule has 5 heteroatoms. The van der Waals surface area contributed by atoms with Crippen molar-refractivity contribution >= 4 is 11.6 Å². The molecule has 2 fully saturated rings. The highest BCUT2D eigenvalue weighted by Gasteiger charge is 2.93. The number of nitrogens with zero attached hydrogens (tertiary/aromatic N) is 4. The zero-order valence-electron chi connectivity index (χ0n) is 9.07. The van der Waals surface area contributed by atoms with Crippen molar-refractivity contribution in [2.75, 3.05) is 0 Å². The van der Waals surface area contributed by atoms with Crippen molar-refractivity contribution in [1.82, 2.24) is 0 Å². The lowest BCUT2D eigenvalue weighted by molar-refractivity contribution is 0.291. The predicted octanol–water partition coefficient (Wildman–Crippen LogP) is 2.23. The Morgan fingerprint density at radius 2 is 1.35 bits per heavy atom. The van der Waals surface area contributed by atoms with E-state index in [1.54, 1.807) is 0 Å². The number of hydrogen-bond acceptors (Lipinski definition) is 4. The quantitative estimate of drug-likeness (QED) is 0.611. The van der Waals surface area contributed by atoms with Gasteiger partial charge in [-0.25, -0.2) is 0 Å². The van der Waals surface area contributed by atoms with Gasteiger partial charge in [-0.3, -0.25) is 0 Å². The molecular weight excluding hydrogens is 236 g/mol. The molecule has 0 N–H and O–H groups in total. The fourth-order valence-corrected chi connectivity index (χ4v) is 4.00. The second-order valence-corrected chi connectivity index (χ2v) is 5.16. The van der Waals surface area contributed by atoms with Crippen molar-refractivity contribution in [2.24, 2.45) is 16.2 Å². The maximum atomic E-state index is 9.26. The zero-order valence-corrected chi connectivity index (χ0v) is 9.83. The van der Waals surface area contributed by atoms with Crippen molar-refractivity contribution in [3.05, 3.63) is 0 Å². The average Bonchev–Trinajstić information content (AvgIpc) is 2.89. The van der Waals surface area contributed by atoms with Crippen LogP contribution in [0, 0.1) is 61.6 Å². The minimum atomic E-state index is -1.56. The molecule has 2 saturated carbocycles. The van der Waals surface area contributed by atoms with Gasteiger partial charge >= 0.3 is 0 Å². The highest BCUT2D eigenvalue weighted by molar-refractivity contribution is 6.22. The summed E-state index contributed by atoms with van der Waals surface area (Å²) in [5.74, 6) is 0. The number of nitriles is 4. The molecule has 2 aliphatic carbocycles. The summed E-state index contributed by atoms with van der Waals surface area (Å²) in [6.07, 6.45) is 2.87. The Labute approximate surface area is 105 Å². The van der Waals surface area contributed by atoms with Crippen LogP contribution in [-0.4, -0.2) is 5.38 Å². The van der Waals surface area contributed by atoms with Gasteiger partial charge in [0.15, 0.2) is 10.8 Å². The molecule has 1 atom stereocenters. The van der Waals surface area contributed by atoms with Crippen LogP contribution < -0.4 is 0 Å². The lowest BCUT2D eigenvalue weighted by atomic mass is 9.78. The van der Waals surface area contributed by atoms with Gasteiger partial charge in [-0.05, 0) is 12.8 Å². The van der Waals surface area contributed by atoms with Gasteiger partial charge in [0.05, 0.1) is 29.7 Å². The van der Waals surface area contributed by atoms with Crippen molar-refractivity contribution in [2.45, 2.75) is 31.1 Å². The van der Waals surface area contributed by atoms with E-state index in [0.29, 0.717) is 12.8 Å². The maximum Gasteiger partial charge on any atom is 0.185 e. The standard InChI is InChI=1S/C12H9ClN4/c13-9-3-1-2-4-12(9)10(5-14,6-15)11(12,7-16)8-17/h9H,1-4H2/t9-/m0/s1. The Balaban J connectivity index is 2.65. The summed E-state index contributed by atoms with van der Waals surface area (Å²) in [6.45, 7) is 0. The lowest BCUT2D eigenvalue weighted by Crippen LogP contribution is -2.28. The van der Waals surface area contributed by atoms with Crippen molar-refractivity contribution in [1.29, 1.82) is 21.0 Å². The average molecular weight is 245 g/mol. The zero-order chi connectivity index (χ0) is 12.7. The first-order valence-corrected chi connectivity index (χ1v) is 5.85.